The minimum Gasteiger partial charge on any atom is -0.369 e. The molecule has 1 rings (SSSR count). The standard InChI is InChI=1S/C14H21Cl2N2O2P/c1-11-2-3-14(18(6-4-15)7-5-16)9-12(11)8-13(17)10-21(19)20/h2-3,9,13H,4-8,10,17H2,1H3/p+1. The Hall–Kier alpha value is -0.380. The van der Waals surface area contributed by atoms with Gasteiger partial charge in [0.1, 0.15) is 0 Å². The molecule has 0 saturated carbocycles. The first-order valence-corrected chi connectivity index (χ1v) is 9.30. The van der Waals surface area contributed by atoms with Gasteiger partial charge in [-0.05, 0) is 41.2 Å². The summed E-state index contributed by atoms with van der Waals surface area (Å²) in [4.78, 5) is 11.1. The van der Waals surface area contributed by atoms with Crippen molar-refractivity contribution < 1.29 is 9.46 Å². The molecule has 21 heavy (non-hydrogen) atoms. The van der Waals surface area contributed by atoms with Crippen LogP contribution in [0.3, 0.4) is 0 Å². The molecule has 0 radical (unpaired) electrons. The molecular weight excluding hydrogens is 330 g/mol. The number of rotatable bonds is 9. The van der Waals surface area contributed by atoms with E-state index in [4.69, 9.17) is 33.8 Å². The van der Waals surface area contributed by atoms with Crippen LogP contribution in [-0.2, 0) is 11.0 Å². The van der Waals surface area contributed by atoms with Gasteiger partial charge >= 0.3 is 8.03 Å². The molecule has 0 saturated heterocycles. The van der Waals surface area contributed by atoms with Gasteiger partial charge in [-0.25, -0.2) is 0 Å². The van der Waals surface area contributed by atoms with Gasteiger partial charge in [0.25, 0.3) is 0 Å². The number of benzene rings is 1. The fraction of sp³-hybridized carbons (Fsp3) is 0.571. The Labute approximate surface area is 137 Å². The molecule has 0 aliphatic heterocycles. The van der Waals surface area contributed by atoms with E-state index in [0.29, 0.717) is 18.2 Å². The van der Waals surface area contributed by atoms with Crippen molar-refractivity contribution in [3.8, 4) is 0 Å². The lowest BCUT2D eigenvalue weighted by Crippen LogP contribution is -2.28. The maximum atomic E-state index is 10.9. The van der Waals surface area contributed by atoms with Gasteiger partial charge < -0.3 is 10.6 Å². The Kier molecular flexibility index (Phi) is 8.53. The van der Waals surface area contributed by atoms with Gasteiger partial charge in [0.2, 0.25) is 0 Å². The van der Waals surface area contributed by atoms with Crippen LogP contribution in [0.5, 0.6) is 0 Å². The molecular formula is C14H22Cl2N2O2P+. The van der Waals surface area contributed by atoms with E-state index in [9.17, 15) is 4.57 Å². The van der Waals surface area contributed by atoms with E-state index >= 15 is 0 Å². The van der Waals surface area contributed by atoms with Crippen LogP contribution in [0.1, 0.15) is 11.1 Å². The summed E-state index contributed by atoms with van der Waals surface area (Å²) in [5, 5.41) is 0. The first-order chi connectivity index (χ1) is 9.97. The Morgan fingerprint density at radius 2 is 1.95 bits per heavy atom. The molecule has 0 spiro atoms. The molecule has 3 N–H and O–H groups in total. The van der Waals surface area contributed by atoms with Gasteiger partial charge in [0.05, 0.1) is 6.04 Å². The highest BCUT2D eigenvalue weighted by Crippen LogP contribution is 2.22. The topological polar surface area (TPSA) is 66.6 Å². The fourth-order valence-corrected chi connectivity index (χ4v) is 3.13. The Morgan fingerprint density at radius 1 is 1.33 bits per heavy atom. The van der Waals surface area contributed by atoms with Crippen molar-refractivity contribution >= 4 is 36.9 Å². The molecule has 118 valence electrons. The lowest BCUT2D eigenvalue weighted by Gasteiger charge is -2.24. The highest BCUT2D eigenvalue weighted by atomic mass is 35.5. The summed E-state index contributed by atoms with van der Waals surface area (Å²) >= 11 is 11.7. The quantitative estimate of drug-likeness (QED) is 0.530. The van der Waals surface area contributed by atoms with Crippen molar-refractivity contribution in [2.45, 2.75) is 19.4 Å². The second kappa shape index (κ2) is 9.60. The molecule has 0 aliphatic rings. The van der Waals surface area contributed by atoms with Crippen LogP contribution in [0, 0.1) is 6.92 Å². The average molecular weight is 352 g/mol. The second-order valence-electron chi connectivity index (χ2n) is 4.97. The van der Waals surface area contributed by atoms with Gasteiger partial charge in [-0.1, -0.05) is 6.07 Å². The highest BCUT2D eigenvalue weighted by Gasteiger charge is 2.19. The number of aryl methyl sites for hydroxylation is 1. The molecule has 0 bridgehead atoms. The number of nitrogens with two attached hydrogens (primary N) is 1. The van der Waals surface area contributed by atoms with E-state index in [1.807, 2.05) is 19.1 Å². The summed E-state index contributed by atoms with van der Waals surface area (Å²) in [6.45, 7) is 3.47. The van der Waals surface area contributed by atoms with E-state index < -0.39 is 8.03 Å². The molecule has 2 unspecified atom stereocenters. The van der Waals surface area contributed by atoms with E-state index in [1.54, 1.807) is 0 Å². The smallest absolute Gasteiger partial charge is 0.369 e. The number of hydrogen-bond acceptors (Lipinski definition) is 3. The summed E-state index contributed by atoms with van der Waals surface area (Å²) in [7, 11) is -2.20. The van der Waals surface area contributed by atoms with Crippen LogP contribution in [0.25, 0.3) is 0 Å². The van der Waals surface area contributed by atoms with Crippen molar-refractivity contribution in [2.75, 3.05) is 35.9 Å². The minimum atomic E-state index is -2.20. The van der Waals surface area contributed by atoms with Crippen molar-refractivity contribution in [1.29, 1.82) is 0 Å². The fourth-order valence-electron chi connectivity index (χ4n) is 2.20. The minimum absolute atomic E-state index is 0.117. The van der Waals surface area contributed by atoms with Crippen molar-refractivity contribution in [1.82, 2.24) is 0 Å². The van der Waals surface area contributed by atoms with E-state index in [1.165, 1.54) is 0 Å². The molecule has 0 aromatic heterocycles. The third-order valence-corrected chi connectivity index (χ3v) is 4.40. The number of anilines is 1. The Bertz CT molecular complexity index is 468. The predicted octanol–water partition coefficient (Wildman–Crippen LogP) is 2.88. The molecule has 0 fully saturated rings. The third-order valence-electron chi connectivity index (χ3n) is 3.28. The van der Waals surface area contributed by atoms with E-state index in [0.717, 1.165) is 29.9 Å². The van der Waals surface area contributed by atoms with Crippen molar-refractivity contribution in [2.24, 2.45) is 5.73 Å². The number of halogens is 2. The summed E-state index contributed by atoms with van der Waals surface area (Å²) in [5.74, 6) is 1.06. The summed E-state index contributed by atoms with van der Waals surface area (Å²) in [5.41, 5.74) is 9.19. The van der Waals surface area contributed by atoms with Crippen LogP contribution in [-0.4, -0.2) is 41.9 Å². The zero-order chi connectivity index (χ0) is 15.8. The molecule has 0 heterocycles. The third kappa shape index (κ3) is 6.50. The van der Waals surface area contributed by atoms with Crippen LogP contribution in [0.2, 0.25) is 0 Å². The number of alkyl halides is 2. The van der Waals surface area contributed by atoms with Crippen LogP contribution in [0.4, 0.5) is 5.69 Å². The lowest BCUT2D eigenvalue weighted by atomic mass is 10.0. The molecule has 0 amide bonds. The second-order valence-corrected chi connectivity index (χ2v) is 6.80. The van der Waals surface area contributed by atoms with Gasteiger partial charge in [0, 0.05) is 30.5 Å². The van der Waals surface area contributed by atoms with Gasteiger partial charge in [-0.3, -0.25) is 0 Å². The van der Waals surface area contributed by atoms with Crippen molar-refractivity contribution in [3.05, 3.63) is 29.3 Å². The van der Waals surface area contributed by atoms with Crippen molar-refractivity contribution in [3.63, 3.8) is 0 Å². The van der Waals surface area contributed by atoms with Crippen LogP contribution in [0.15, 0.2) is 18.2 Å². The number of nitrogens with zero attached hydrogens (tertiary/aromatic N) is 1. The van der Waals surface area contributed by atoms with E-state index in [-0.39, 0.29) is 12.2 Å². The monoisotopic (exact) mass is 351 g/mol. The van der Waals surface area contributed by atoms with Crippen LogP contribution < -0.4 is 10.6 Å². The van der Waals surface area contributed by atoms with Gasteiger partial charge in [-0.15, -0.1) is 23.2 Å². The Balaban J connectivity index is 2.89. The average Bonchev–Trinajstić information content (AvgIpc) is 2.40. The molecule has 2 atom stereocenters. The zero-order valence-electron chi connectivity index (χ0n) is 12.1. The first-order valence-electron chi connectivity index (χ1n) is 6.83. The number of hydrogen-bond donors (Lipinski definition) is 2. The molecule has 0 aliphatic carbocycles. The normalized spacial score (nSPS) is 13.1. The van der Waals surface area contributed by atoms with E-state index in [2.05, 4.69) is 11.0 Å². The predicted molar refractivity (Wildman–Crippen MR) is 91.2 cm³/mol. The van der Waals surface area contributed by atoms with Gasteiger partial charge in [0.15, 0.2) is 6.16 Å². The maximum absolute atomic E-state index is 10.9. The molecule has 4 nitrogen and oxygen atoms in total. The summed E-state index contributed by atoms with van der Waals surface area (Å²) < 4.78 is 10.9. The largest absolute Gasteiger partial charge is 0.507 e. The van der Waals surface area contributed by atoms with Gasteiger partial charge in [-0.2, -0.15) is 4.89 Å². The first kappa shape index (κ1) is 18.7. The zero-order valence-corrected chi connectivity index (χ0v) is 14.5. The summed E-state index contributed by atoms with van der Waals surface area (Å²) in [6, 6.07) is 5.82. The maximum Gasteiger partial charge on any atom is 0.507 e. The molecule has 1 aromatic rings. The Morgan fingerprint density at radius 3 is 2.48 bits per heavy atom. The SMILES string of the molecule is Cc1ccc(N(CCCl)CCCl)cc1CC(N)C[P+](=O)O. The molecule has 1 aromatic carbocycles. The highest BCUT2D eigenvalue weighted by molar-refractivity contribution is 7.38. The van der Waals surface area contributed by atoms with Crippen LogP contribution >= 0.6 is 31.2 Å². The summed E-state index contributed by atoms with van der Waals surface area (Å²) in [6.07, 6.45) is 0.697. The lowest BCUT2D eigenvalue weighted by molar-refractivity contribution is 0.496. The molecule has 7 heteroatoms.